The van der Waals surface area contributed by atoms with Crippen LogP contribution in [0.15, 0.2) is 28.9 Å². The molecule has 5 heteroatoms. The first-order valence-electron chi connectivity index (χ1n) is 6.39. The zero-order chi connectivity index (χ0) is 13.4. The van der Waals surface area contributed by atoms with Crippen molar-refractivity contribution in [1.29, 1.82) is 0 Å². The zero-order valence-electron chi connectivity index (χ0n) is 10.4. The molecule has 100 valence electrons. The lowest BCUT2D eigenvalue weighted by Gasteiger charge is -2.31. The predicted octanol–water partition coefficient (Wildman–Crippen LogP) is 2.76. The van der Waals surface area contributed by atoms with Crippen LogP contribution in [-0.2, 0) is 0 Å². The number of rotatable bonds is 3. The average molecular weight is 322 g/mol. The molecule has 0 atom stereocenters. The first kappa shape index (κ1) is 12.7. The number of nitrogen functional groups attached to an aromatic ring is 1. The Hall–Kier alpha value is -1.33. The third kappa shape index (κ3) is 2.53. The summed E-state index contributed by atoms with van der Waals surface area (Å²) in [6.07, 6.45) is 3.45. The van der Waals surface area contributed by atoms with Gasteiger partial charge >= 0.3 is 0 Å². The van der Waals surface area contributed by atoms with E-state index in [1.54, 1.807) is 6.20 Å². The summed E-state index contributed by atoms with van der Waals surface area (Å²) < 4.78 is 0.922. The maximum atomic E-state index is 9.29. The number of hydrogen-bond acceptors (Lipinski definition) is 4. The second kappa shape index (κ2) is 4.98. The molecule has 3 rings (SSSR count). The minimum absolute atomic E-state index is 0.107. The van der Waals surface area contributed by atoms with Gasteiger partial charge in [-0.3, -0.25) is 4.98 Å². The Labute approximate surface area is 120 Å². The standard InChI is InChI=1S/C14H16BrN3O/c15-9-5-11-12(16)1-2-13(14(11)18-7-9)17-6-8-3-10(19)4-8/h1-2,5,7-8,10,17,19H,3-4,6,16H2. The van der Waals surface area contributed by atoms with Gasteiger partial charge in [-0.1, -0.05) is 0 Å². The van der Waals surface area contributed by atoms with Gasteiger partial charge in [0, 0.05) is 28.3 Å². The highest BCUT2D eigenvalue weighted by Crippen LogP contribution is 2.31. The van der Waals surface area contributed by atoms with Crippen molar-refractivity contribution in [3.8, 4) is 0 Å². The van der Waals surface area contributed by atoms with Crippen LogP contribution in [0.5, 0.6) is 0 Å². The van der Waals surface area contributed by atoms with Crippen molar-refractivity contribution in [1.82, 2.24) is 4.98 Å². The SMILES string of the molecule is Nc1ccc(NCC2CC(O)C2)c2ncc(Br)cc12. The molecule has 0 amide bonds. The molecule has 1 aromatic heterocycles. The third-order valence-corrected chi connectivity index (χ3v) is 4.08. The Morgan fingerprint density at radius 2 is 2.21 bits per heavy atom. The minimum Gasteiger partial charge on any atom is -0.398 e. The third-order valence-electron chi connectivity index (χ3n) is 3.64. The van der Waals surface area contributed by atoms with Crippen LogP contribution in [-0.4, -0.2) is 22.7 Å². The number of aliphatic hydroxyl groups excluding tert-OH is 1. The molecule has 0 radical (unpaired) electrons. The topological polar surface area (TPSA) is 71.2 Å². The molecule has 0 aliphatic heterocycles. The summed E-state index contributed by atoms with van der Waals surface area (Å²) in [6, 6.07) is 5.85. The number of benzene rings is 1. The van der Waals surface area contributed by atoms with Crippen LogP contribution < -0.4 is 11.1 Å². The highest BCUT2D eigenvalue weighted by atomic mass is 79.9. The number of aliphatic hydroxyl groups is 1. The van der Waals surface area contributed by atoms with Gasteiger partial charge in [-0.25, -0.2) is 0 Å². The molecule has 1 fully saturated rings. The van der Waals surface area contributed by atoms with E-state index >= 15 is 0 Å². The van der Waals surface area contributed by atoms with Gasteiger partial charge in [0.05, 0.1) is 17.3 Å². The van der Waals surface area contributed by atoms with Gasteiger partial charge in [-0.15, -0.1) is 0 Å². The van der Waals surface area contributed by atoms with Crippen molar-refractivity contribution >= 4 is 38.2 Å². The lowest BCUT2D eigenvalue weighted by atomic mass is 9.82. The Balaban J connectivity index is 1.85. The molecule has 2 aromatic rings. The van der Waals surface area contributed by atoms with Crippen LogP contribution in [0.25, 0.3) is 10.9 Å². The maximum absolute atomic E-state index is 9.29. The van der Waals surface area contributed by atoms with Crippen LogP contribution in [0.3, 0.4) is 0 Å². The molecule has 0 unspecified atom stereocenters. The number of pyridine rings is 1. The summed E-state index contributed by atoms with van der Waals surface area (Å²) in [6.45, 7) is 0.869. The number of nitrogens with two attached hydrogens (primary N) is 1. The van der Waals surface area contributed by atoms with Gasteiger partial charge in [0.25, 0.3) is 0 Å². The van der Waals surface area contributed by atoms with Gasteiger partial charge in [0.15, 0.2) is 0 Å². The summed E-state index contributed by atoms with van der Waals surface area (Å²) in [5, 5.41) is 13.7. The van der Waals surface area contributed by atoms with E-state index in [2.05, 4.69) is 26.2 Å². The van der Waals surface area contributed by atoms with Crippen LogP contribution in [0.4, 0.5) is 11.4 Å². The molecule has 1 saturated carbocycles. The van der Waals surface area contributed by atoms with E-state index in [1.165, 1.54) is 0 Å². The molecule has 19 heavy (non-hydrogen) atoms. The molecule has 1 heterocycles. The van der Waals surface area contributed by atoms with E-state index in [0.29, 0.717) is 5.92 Å². The van der Waals surface area contributed by atoms with Crippen LogP contribution >= 0.6 is 15.9 Å². The highest BCUT2D eigenvalue weighted by molar-refractivity contribution is 9.10. The van der Waals surface area contributed by atoms with E-state index in [4.69, 9.17) is 5.73 Å². The van der Waals surface area contributed by atoms with E-state index in [-0.39, 0.29) is 6.10 Å². The van der Waals surface area contributed by atoms with Gasteiger partial charge < -0.3 is 16.2 Å². The fraction of sp³-hybridized carbons (Fsp3) is 0.357. The second-order valence-corrected chi connectivity index (χ2v) is 6.04. The van der Waals surface area contributed by atoms with Crippen LogP contribution in [0, 0.1) is 5.92 Å². The van der Waals surface area contributed by atoms with Crippen molar-refractivity contribution in [3.05, 3.63) is 28.9 Å². The largest absolute Gasteiger partial charge is 0.398 e. The van der Waals surface area contributed by atoms with Crippen molar-refractivity contribution in [3.63, 3.8) is 0 Å². The second-order valence-electron chi connectivity index (χ2n) is 5.12. The Morgan fingerprint density at radius 1 is 1.42 bits per heavy atom. The maximum Gasteiger partial charge on any atom is 0.0954 e. The summed E-state index contributed by atoms with van der Waals surface area (Å²) in [4.78, 5) is 4.44. The van der Waals surface area contributed by atoms with Crippen molar-refractivity contribution in [2.45, 2.75) is 18.9 Å². The lowest BCUT2D eigenvalue weighted by Crippen LogP contribution is -2.33. The Kier molecular flexibility index (Phi) is 3.33. The molecular weight excluding hydrogens is 306 g/mol. The average Bonchev–Trinajstić information content (AvgIpc) is 2.36. The van der Waals surface area contributed by atoms with Gasteiger partial charge in [-0.05, 0) is 52.9 Å². The molecule has 1 aliphatic carbocycles. The monoisotopic (exact) mass is 321 g/mol. The lowest BCUT2D eigenvalue weighted by molar-refractivity contribution is 0.0487. The number of halogens is 1. The van der Waals surface area contributed by atoms with Crippen LogP contribution in [0.2, 0.25) is 0 Å². The fourth-order valence-corrected chi connectivity index (χ4v) is 2.81. The van der Waals surface area contributed by atoms with Crippen molar-refractivity contribution in [2.75, 3.05) is 17.6 Å². The van der Waals surface area contributed by atoms with Crippen LogP contribution in [0.1, 0.15) is 12.8 Å². The van der Waals surface area contributed by atoms with E-state index < -0.39 is 0 Å². The normalized spacial score (nSPS) is 22.2. The predicted molar refractivity (Wildman–Crippen MR) is 81.1 cm³/mol. The van der Waals surface area contributed by atoms with E-state index in [9.17, 15) is 5.11 Å². The van der Waals surface area contributed by atoms with Gasteiger partial charge in [0.2, 0.25) is 0 Å². The molecule has 4 nitrogen and oxygen atoms in total. The number of hydrogen-bond donors (Lipinski definition) is 3. The molecule has 0 spiro atoms. The summed E-state index contributed by atoms with van der Waals surface area (Å²) in [7, 11) is 0. The fourth-order valence-electron chi connectivity index (χ4n) is 2.48. The Morgan fingerprint density at radius 3 is 2.95 bits per heavy atom. The summed E-state index contributed by atoms with van der Waals surface area (Å²) in [5.41, 5.74) is 8.60. The summed E-state index contributed by atoms with van der Waals surface area (Å²) >= 11 is 3.41. The number of aromatic nitrogens is 1. The minimum atomic E-state index is -0.107. The molecule has 1 aromatic carbocycles. The van der Waals surface area contributed by atoms with Crippen molar-refractivity contribution < 1.29 is 5.11 Å². The number of anilines is 2. The molecule has 0 bridgehead atoms. The smallest absolute Gasteiger partial charge is 0.0954 e. The molecular formula is C14H16BrN3O. The first-order valence-corrected chi connectivity index (χ1v) is 7.18. The van der Waals surface area contributed by atoms with E-state index in [0.717, 1.165) is 46.1 Å². The van der Waals surface area contributed by atoms with Gasteiger partial charge in [-0.2, -0.15) is 0 Å². The summed E-state index contributed by atoms with van der Waals surface area (Å²) in [5.74, 6) is 0.554. The zero-order valence-corrected chi connectivity index (χ0v) is 12.0. The van der Waals surface area contributed by atoms with Crippen molar-refractivity contribution in [2.24, 2.45) is 5.92 Å². The highest BCUT2D eigenvalue weighted by Gasteiger charge is 2.26. The van der Waals surface area contributed by atoms with E-state index in [1.807, 2.05) is 18.2 Å². The quantitative estimate of drug-likeness (QED) is 0.760. The first-order chi connectivity index (χ1) is 9.13. The Bertz CT molecular complexity index is 611. The molecule has 4 N–H and O–H groups in total. The number of fused-ring (bicyclic) bond motifs is 1. The number of nitrogens with zero attached hydrogens (tertiary/aromatic N) is 1. The molecule has 1 aliphatic rings. The number of nitrogens with one attached hydrogen (secondary N) is 1. The van der Waals surface area contributed by atoms with Gasteiger partial charge in [0.1, 0.15) is 0 Å². The molecule has 0 saturated heterocycles.